The smallest absolute Gasteiger partial charge is 0.135 e. The molecule has 0 aliphatic heterocycles. The molecule has 8 aromatic rings. The average molecular weight is 713 g/mol. The summed E-state index contributed by atoms with van der Waals surface area (Å²) in [5.41, 5.74) is 26.4. The third-order valence-corrected chi connectivity index (χ3v) is 10.9. The number of rotatable bonds is 8. The van der Waals surface area contributed by atoms with Crippen molar-refractivity contribution in [2.45, 2.75) is 19.3 Å². The van der Waals surface area contributed by atoms with E-state index in [2.05, 4.69) is 133 Å². The lowest BCUT2D eigenvalue weighted by molar-refractivity contribution is 0.483. The van der Waals surface area contributed by atoms with Crippen LogP contribution in [0.1, 0.15) is 33.4 Å². The minimum Gasteiger partial charge on any atom is -0.457 e. The highest BCUT2D eigenvalue weighted by atomic mass is 16.5. The van der Waals surface area contributed by atoms with Crippen LogP contribution in [0.25, 0.3) is 33.4 Å². The van der Waals surface area contributed by atoms with Gasteiger partial charge in [-0.15, -0.1) is 0 Å². The maximum Gasteiger partial charge on any atom is 0.135 e. The molecule has 55 heavy (non-hydrogen) atoms. The van der Waals surface area contributed by atoms with Crippen molar-refractivity contribution in [1.29, 1.82) is 0 Å². The number of ether oxygens (including phenoxy) is 2. The number of nitrogen functional groups attached to an aromatic ring is 2. The molecule has 1 aliphatic carbocycles. The molecule has 4 heteroatoms. The number of fused-ring (bicyclic) bond motifs is 3. The molecule has 0 radical (unpaired) electrons. The Hall–Kier alpha value is -7.04. The second kappa shape index (κ2) is 13.7. The number of aryl methyl sites for hydroxylation is 2. The summed E-state index contributed by atoms with van der Waals surface area (Å²) in [6, 6.07) is 63.5. The quantitative estimate of drug-likeness (QED) is 0.154. The fourth-order valence-corrected chi connectivity index (χ4v) is 8.09. The molecule has 0 spiro atoms. The maximum absolute atomic E-state index is 6.68. The van der Waals surface area contributed by atoms with E-state index in [1.54, 1.807) is 0 Å². The van der Waals surface area contributed by atoms with Gasteiger partial charge >= 0.3 is 0 Å². The SMILES string of the molecule is Cc1cc(Oc2ccc(C3(c4ccc(Oc5ccc(N)c(C)c5)c(-c5ccccc5)c4)c4ccccc4-c4ccccc43)cc2-c2ccccc2)ccc1N. The zero-order valence-electron chi connectivity index (χ0n) is 30.8. The fraction of sp³-hybridized carbons (Fsp3) is 0.0588. The van der Waals surface area contributed by atoms with Crippen LogP contribution in [0, 0.1) is 13.8 Å². The van der Waals surface area contributed by atoms with E-state index in [1.807, 2.05) is 62.4 Å². The van der Waals surface area contributed by atoms with Crippen molar-refractivity contribution in [3.63, 3.8) is 0 Å². The Kier molecular flexibility index (Phi) is 8.44. The van der Waals surface area contributed by atoms with Crippen LogP contribution < -0.4 is 20.9 Å². The van der Waals surface area contributed by atoms with Gasteiger partial charge in [-0.25, -0.2) is 0 Å². The number of hydrogen-bond acceptors (Lipinski definition) is 4. The summed E-state index contributed by atoms with van der Waals surface area (Å²) in [7, 11) is 0. The van der Waals surface area contributed by atoms with E-state index in [0.29, 0.717) is 0 Å². The van der Waals surface area contributed by atoms with E-state index in [1.165, 1.54) is 22.3 Å². The normalized spacial score (nSPS) is 12.5. The minimum absolute atomic E-state index is 0.674. The minimum atomic E-state index is -0.674. The van der Waals surface area contributed by atoms with Crippen molar-refractivity contribution < 1.29 is 9.47 Å². The summed E-state index contributed by atoms with van der Waals surface area (Å²) < 4.78 is 13.4. The molecule has 8 aromatic carbocycles. The summed E-state index contributed by atoms with van der Waals surface area (Å²) in [5, 5.41) is 0. The first-order valence-electron chi connectivity index (χ1n) is 18.6. The summed E-state index contributed by atoms with van der Waals surface area (Å²) >= 11 is 0. The lowest BCUT2D eigenvalue weighted by atomic mass is 9.67. The lowest BCUT2D eigenvalue weighted by Crippen LogP contribution is -2.28. The van der Waals surface area contributed by atoms with Gasteiger partial charge in [-0.2, -0.15) is 0 Å². The highest BCUT2D eigenvalue weighted by Crippen LogP contribution is 2.57. The molecular formula is C51H40N2O2. The Morgan fingerprint density at radius 3 is 1.20 bits per heavy atom. The average Bonchev–Trinajstić information content (AvgIpc) is 3.53. The van der Waals surface area contributed by atoms with Gasteiger partial charge in [0.25, 0.3) is 0 Å². The first-order valence-corrected chi connectivity index (χ1v) is 18.6. The lowest BCUT2D eigenvalue weighted by Gasteiger charge is -2.35. The molecule has 0 bridgehead atoms. The van der Waals surface area contributed by atoms with Gasteiger partial charge in [0, 0.05) is 22.5 Å². The van der Waals surface area contributed by atoms with Crippen LogP contribution in [0.2, 0.25) is 0 Å². The third kappa shape index (κ3) is 5.89. The summed E-state index contributed by atoms with van der Waals surface area (Å²) in [5.74, 6) is 3.01. The van der Waals surface area contributed by atoms with Crippen molar-refractivity contribution in [1.82, 2.24) is 0 Å². The Morgan fingerprint density at radius 1 is 0.382 bits per heavy atom. The van der Waals surface area contributed by atoms with Crippen LogP contribution in [0.5, 0.6) is 23.0 Å². The molecule has 1 aliphatic rings. The van der Waals surface area contributed by atoms with Gasteiger partial charge < -0.3 is 20.9 Å². The number of anilines is 2. The van der Waals surface area contributed by atoms with Crippen molar-refractivity contribution in [3.05, 3.63) is 215 Å². The van der Waals surface area contributed by atoms with Crippen LogP contribution in [0.15, 0.2) is 182 Å². The largest absolute Gasteiger partial charge is 0.457 e. The second-order valence-corrected chi connectivity index (χ2v) is 14.2. The molecule has 0 atom stereocenters. The van der Waals surface area contributed by atoms with E-state index in [4.69, 9.17) is 20.9 Å². The van der Waals surface area contributed by atoms with Crippen LogP contribution in [0.4, 0.5) is 11.4 Å². The van der Waals surface area contributed by atoms with Crippen molar-refractivity contribution in [2.24, 2.45) is 0 Å². The molecule has 0 unspecified atom stereocenters. The molecular weight excluding hydrogens is 673 g/mol. The highest BCUT2D eigenvalue weighted by Gasteiger charge is 2.46. The van der Waals surface area contributed by atoms with Gasteiger partial charge in [0.15, 0.2) is 0 Å². The number of hydrogen-bond donors (Lipinski definition) is 2. The van der Waals surface area contributed by atoms with Crippen LogP contribution in [-0.2, 0) is 5.41 Å². The van der Waals surface area contributed by atoms with E-state index < -0.39 is 5.41 Å². The van der Waals surface area contributed by atoms with Crippen LogP contribution in [0.3, 0.4) is 0 Å². The van der Waals surface area contributed by atoms with Crippen molar-refractivity contribution in [2.75, 3.05) is 11.5 Å². The summed E-state index contributed by atoms with van der Waals surface area (Å²) in [6.07, 6.45) is 0. The van der Waals surface area contributed by atoms with E-state index in [9.17, 15) is 0 Å². The summed E-state index contributed by atoms with van der Waals surface area (Å²) in [6.45, 7) is 4.00. The van der Waals surface area contributed by atoms with Gasteiger partial charge in [-0.05, 0) is 130 Å². The first kappa shape index (κ1) is 33.8. The Labute approximate surface area is 322 Å². The molecule has 9 rings (SSSR count). The van der Waals surface area contributed by atoms with E-state index in [0.717, 1.165) is 78.9 Å². The van der Waals surface area contributed by atoms with Gasteiger partial charge in [0.1, 0.15) is 23.0 Å². The standard InChI is InChI=1S/C51H40N2O2/c1-33-29-39(23-25-47(33)52)54-49-27-21-37(31-43(49)35-13-5-3-6-14-35)51(45-19-11-9-17-41(45)42-18-10-12-20-46(42)51)38-22-28-50(44(32-38)36-15-7-4-8-16-36)55-40-24-26-48(53)34(2)30-40/h3-32H,52-53H2,1-2H3. The van der Waals surface area contributed by atoms with Crippen molar-refractivity contribution in [3.8, 4) is 56.4 Å². The fourth-order valence-electron chi connectivity index (χ4n) is 8.09. The topological polar surface area (TPSA) is 70.5 Å². The third-order valence-electron chi connectivity index (χ3n) is 10.9. The highest BCUT2D eigenvalue weighted by molar-refractivity contribution is 5.88. The molecule has 0 amide bonds. The zero-order valence-corrected chi connectivity index (χ0v) is 30.8. The monoisotopic (exact) mass is 712 g/mol. The molecule has 0 heterocycles. The van der Waals surface area contributed by atoms with Gasteiger partial charge in [0.2, 0.25) is 0 Å². The number of nitrogens with two attached hydrogens (primary N) is 2. The Bertz CT molecular complexity index is 2510. The Morgan fingerprint density at radius 2 is 0.782 bits per heavy atom. The summed E-state index contributed by atoms with van der Waals surface area (Å²) in [4.78, 5) is 0. The molecule has 266 valence electrons. The van der Waals surface area contributed by atoms with Crippen LogP contribution in [-0.4, -0.2) is 0 Å². The maximum atomic E-state index is 6.68. The molecule has 0 saturated heterocycles. The second-order valence-electron chi connectivity index (χ2n) is 14.2. The zero-order chi connectivity index (χ0) is 37.5. The molecule has 0 fully saturated rings. The van der Waals surface area contributed by atoms with E-state index >= 15 is 0 Å². The Balaban J connectivity index is 1.30. The van der Waals surface area contributed by atoms with Crippen LogP contribution >= 0.6 is 0 Å². The number of benzene rings is 8. The molecule has 0 saturated carbocycles. The first-order chi connectivity index (χ1) is 26.9. The van der Waals surface area contributed by atoms with E-state index in [-0.39, 0.29) is 0 Å². The molecule has 4 nitrogen and oxygen atoms in total. The van der Waals surface area contributed by atoms with Gasteiger partial charge in [-0.3, -0.25) is 0 Å². The van der Waals surface area contributed by atoms with Gasteiger partial charge in [0.05, 0.1) is 5.41 Å². The predicted octanol–water partition coefficient (Wildman–Crippen LogP) is 12.7. The van der Waals surface area contributed by atoms with Crippen molar-refractivity contribution >= 4 is 11.4 Å². The molecule has 0 aromatic heterocycles. The van der Waals surface area contributed by atoms with Gasteiger partial charge in [-0.1, -0.05) is 121 Å². The predicted molar refractivity (Wildman–Crippen MR) is 226 cm³/mol. The molecule has 4 N–H and O–H groups in total.